The number of ether oxygens (including phenoxy) is 1. The minimum atomic E-state index is -1.31. The fourth-order valence-corrected chi connectivity index (χ4v) is 2.37. The number of carboxylic acid groups (broad SMARTS) is 1. The largest absolute Gasteiger partial charge is 0.480 e. The Labute approximate surface area is 160 Å². The highest BCUT2D eigenvalue weighted by molar-refractivity contribution is 5.92. The van der Waals surface area contributed by atoms with Gasteiger partial charge in [0.25, 0.3) is 0 Å². The van der Waals surface area contributed by atoms with Crippen molar-refractivity contribution >= 4 is 18.0 Å². The molecule has 0 saturated carbocycles. The molecule has 27 heavy (non-hydrogen) atoms. The molecule has 1 rings (SSSR count). The van der Waals surface area contributed by atoms with E-state index in [-0.39, 0.29) is 0 Å². The molecule has 0 bridgehead atoms. The van der Waals surface area contributed by atoms with Gasteiger partial charge in [0.15, 0.2) is 0 Å². The summed E-state index contributed by atoms with van der Waals surface area (Å²) >= 11 is 0. The molecule has 0 aliphatic carbocycles. The predicted molar refractivity (Wildman–Crippen MR) is 102 cm³/mol. The number of hydrogen-bond acceptors (Lipinski definition) is 4. The normalized spacial score (nSPS) is 12.8. The molecule has 2 amide bonds. The first-order chi connectivity index (χ1) is 12.4. The molecule has 0 saturated heterocycles. The van der Waals surface area contributed by atoms with E-state index in [0.29, 0.717) is 12.8 Å². The van der Waals surface area contributed by atoms with Gasteiger partial charge in [-0.05, 0) is 59.4 Å². The highest BCUT2D eigenvalue weighted by atomic mass is 16.6. The average Bonchev–Trinajstić information content (AvgIpc) is 2.52. The summed E-state index contributed by atoms with van der Waals surface area (Å²) in [5, 5.41) is 14.4. The van der Waals surface area contributed by atoms with Crippen molar-refractivity contribution in [1.29, 1.82) is 0 Å². The zero-order chi connectivity index (χ0) is 20.7. The zero-order valence-electron chi connectivity index (χ0n) is 16.7. The Morgan fingerprint density at radius 1 is 1.07 bits per heavy atom. The third kappa shape index (κ3) is 8.57. The molecule has 0 radical (unpaired) electrons. The second-order valence-corrected chi connectivity index (χ2v) is 7.99. The summed E-state index contributed by atoms with van der Waals surface area (Å²) in [5.41, 5.74) is -0.896. The molecule has 1 aromatic carbocycles. The van der Waals surface area contributed by atoms with Crippen LogP contribution in [0.4, 0.5) is 4.79 Å². The topological polar surface area (TPSA) is 105 Å². The molecular weight excluding hydrogens is 348 g/mol. The maximum Gasteiger partial charge on any atom is 0.408 e. The van der Waals surface area contributed by atoms with Crippen LogP contribution < -0.4 is 10.6 Å². The molecule has 150 valence electrons. The van der Waals surface area contributed by atoms with Crippen molar-refractivity contribution < 1.29 is 24.2 Å². The first-order valence-corrected chi connectivity index (χ1v) is 8.99. The number of alkyl carbamates (subject to hydrolysis) is 1. The molecule has 1 atom stereocenters. The molecule has 0 aromatic heterocycles. The number of rotatable bonds is 8. The summed E-state index contributed by atoms with van der Waals surface area (Å²) in [6.07, 6.45) is 0.887. The van der Waals surface area contributed by atoms with Gasteiger partial charge in [-0.3, -0.25) is 4.79 Å². The number of carbonyl (C=O) groups excluding carboxylic acids is 2. The average molecular weight is 378 g/mol. The van der Waals surface area contributed by atoms with Gasteiger partial charge in [0, 0.05) is 0 Å². The predicted octanol–water partition coefficient (Wildman–Crippen LogP) is 2.88. The van der Waals surface area contributed by atoms with E-state index in [2.05, 4.69) is 10.6 Å². The summed E-state index contributed by atoms with van der Waals surface area (Å²) in [6.45, 7) is 8.14. The third-order valence-electron chi connectivity index (χ3n) is 3.79. The number of aryl methyl sites for hydroxylation is 1. The summed E-state index contributed by atoms with van der Waals surface area (Å²) in [5.74, 6) is -1.69. The van der Waals surface area contributed by atoms with Gasteiger partial charge in [-0.2, -0.15) is 0 Å². The van der Waals surface area contributed by atoms with E-state index < -0.39 is 35.2 Å². The van der Waals surface area contributed by atoms with Crippen LogP contribution in [0.2, 0.25) is 0 Å². The Kier molecular flexibility index (Phi) is 7.82. The van der Waals surface area contributed by atoms with Crippen molar-refractivity contribution in [3.63, 3.8) is 0 Å². The summed E-state index contributed by atoms with van der Waals surface area (Å²) in [6, 6.07) is 8.70. The van der Waals surface area contributed by atoms with Crippen LogP contribution in [0, 0.1) is 0 Å². The summed E-state index contributed by atoms with van der Waals surface area (Å²) in [7, 11) is 0. The first kappa shape index (κ1) is 22.5. The van der Waals surface area contributed by atoms with Gasteiger partial charge in [-0.25, -0.2) is 9.59 Å². The van der Waals surface area contributed by atoms with Crippen LogP contribution in [-0.4, -0.2) is 40.3 Å². The molecule has 1 unspecified atom stereocenters. The van der Waals surface area contributed by atoms with Gasteiger partial charge in [0.05, 0.1) is 0 Å². The van der Waals surface area contributed by atoms with E-state index in [9.17, 15) is 19.5 Å². The van der Waals surface area contributed by atoms with Crippen molar-refractivity contribution in [3.05, 3.63) is 35.9 Å². The number of hydrogen-bond donors (Lipinski definition) is 3. The van der Waals surface area contributed by atoms with Crippen LogP contribution in [-0.2, 0) is 20.7 Å². The lowest BCUT2D eigenvalue weighted by atomic mass is 10.0. The van der Waals surface area contributed by atoms with Crippen LogP contribution in [0.3, 0.4) is 0 Å². The van der Waals surface area contributed by atoms with Crippen molar-refractivity contribution in [1.82, 2.24) is 10.6 Å². The minimum absolute atomic E-state index is 0.290. The van der Waals surface area contributed by atoms with Crippen LogP contribution in [0.5, 0.6) is 0 Å². The number of nitrogens with one attached hydrogen (secondary N) is 2. The second kappa shape index (κ2) is 9.39. The lowest BCUT2D eigenvalue weighted by molar-refractivity contribution is -0.142. The molecule has 0 aliphatic rings. The number of benzene rings is 1. The monoisotopic (exact) mass is 378 g/mol. The Balaban J connectivity index is 2.60. The molecule has 0 heterocycles. The molecule has 0 aliphatic heterocycles. The molecule has 7 heteroatoms. The number of carbonyl (C=O) groups is 3. The third-order valence-corrected chi connectivity index (χ3v) is 3.79. The summed E-state index contributed by atoms with van der Waals surface area (Å²) in [4.78, 5) is 35.9. The molecular formula is C20H30N2O5. The summed E-state index contributed by atoms with van der Waals surface area (Å²) < 4.78 is 5.14. The Hall–Kier alpha value is -2.57. The molecule has 0 fully saturated rings. The van der Waals surface area contributed by atoms with Crippen LogP contribution in [0.15, 0.2) is 30.3 Å². The van der Waals surface area contributed by atoms with Crippen LogP contribution >= 0.6 is 0 Å². The number of carboxylic acids is 1. The molecule has 7 nitrogen and oxygen atoms in total. The zero-order valence-corrected chi connectivity index (χ0v) is 16.7. The van der Waals surface area contributed by atoms with E-state index in [4.69, 9.17) is 4.74 Å². The lowest BCUT2D eigenvalue weighted by Crippen LogP contribution is -2.58. The fourth-order valence-electron chi connectivity index (χ4n) is 2.37. The van der Waals surface area contributed by atoms with Crippen LogP contribution in [0.25, 0.3) is 0 Å². The van der Waals surface area contributed by atoms with Gasteiger partial charge < -0.3 is 20.5 Å². The SMILES string of the molecule is CC(C)(C)OC(=O)NC(C)(C)C(=O)NC(CCCc1ccccc1)C(=O)O. The van der Waals surface area contributed by atoms with Crippen molar-refractivity contribution in [2.45, 2.75) is 71.1 Å². The molecule has 0 spiro atoms. The van der Waals surface area contributed by atoms with E-state index >= 15 is 0 Å². The van der Waals surface area contributed by atoms with Gasteiger partial charge in [-0.15, -0.1) is 0 Å². The van der Waals surface area contributed by atoms with Crippen molar-refractivity contribution in [3.8, 4) is 0 Å². The minimum Gasteiger partial charge on any atom is -0.480 e. The highest BCUT2D eigenvalue weighted by Crippen LogP contribution is 2.11. The Bertz CT molecular complexity index is 650. The van der Waals surface area contributed by atoms with E-state index in [1.54, 1.807) is 20.8 Å². The fraction of sp³-hybridized carbons (Fsp3) is 0.550. The number of aliphatic carboxylic acids is 1. The van der Waals surface area contributed by atoms with E-state index in [0.717, 1.165) is 12.0 Å². The van der Waals surface area contributed by atoms with Crippen LogP contribution in [0.1, 0.15) is 53.0 Å². The molecule has 1 aromatic rings. The quantitative estimate of drug-likeness (QED) is 0.645. The maximum absolute atomic E-state index is 12.5. The highest BCUT2D eigenvalue weighted by Gasteiger charge is 2.34. The Morgan fingerprint density at radius 3 is 2.19 bits per heavy atom. The van der Waals surface area contributed by atoms with Crippen molar-refractivity contribution in [2.24, 2.45) is 0 Å². The lowest BCUT2D eigenvalue weighted by Gasteiger charge is -2.29. The van der Waals surface area contributed by atoms with E-state index in [1.165, 1.54) is 13.8 Å². The maximum atomic E-state index is 12.5. The smallest absolute Gasteiger partial charge is 0.408 e. The van der Waals surface area contributed by atoms with Gasteiger partial charge in [0.1, 0.15) is 17.2 Å². The Morgan fingerprint density at radius 2 is 1.67 bits per heavy atom. The second-order valence-electron chi connectivity index (χ2n) is 7.99. The standard InChI is InChI=1S/C20H30N2O5/c1-19(2,3)27-18(26)22-20(4,5)17(25)21-15(16(23)24)13-9-12-14-10-7-6-8-11-14/h6-8,10-11,15H,9,12-13H2,1-5H3,(H,21,25)(H,22,26)(H,23,24). The van der Waals surface area contributed by atoms with E-state index in [1.807, 2.05) is 30.3 Å². The molecule has 3 N–H and O–H groups in total. The number of amides is 2. The van der Waals surface area contributed by atoms with Gasteiger partial charge in [-0.1, -0.05) is 30.3 Å². The first-order valence-electron chi connectivity index (χ1n) is 8.99. The van der Waals surface area contributed by atoms with Crippen molar-refractivity contribution in [2.75, 3.05) is 0 Å². The van der Waals surface area contributed by atoms with Gasteiger partial charge in [0.2, 0.25) is 5.91 Å². The van der Waals surface area contributed by atoms with Gasteiger partial charge >= 0.3 is 12.1 Å².